The highest BCUT2D eigenvalue weighted by molar-refractivity contribution is 7.99. The SMILES string of the molecule is CC(=O)Nc1ccc(S(=O)(=O)N[C@H](CSc2ccc(C(=O)O)cc2[N+](=O)[O-])C(=O)O)cc1. The summed E-state index contributed by atoms with van der Waals surface area (Å²) in [4.78, 5) is 43.8. The molecule has 0 aliphatic rings. The number of carboxylic acid groups (broad SMARTS) is 2. The first-order valence-electron chi connectivity index (χ1n) is 8.68. The molecule has 0 aromatic heterocycles. The number of nitro groups is 1. The van der Waals surface area contributed by atoms with Crippen LogP contribution in [0.15, 0.2) is 52.3 Å². The molecule has 12 nitrogen and oxygen atoms in total. The number of amides is 1. The summed E-state index contributed by atoms with van der Waals surface area (Å²) >= 11 is 0.688. The van der Waals surface area contributed by atoms with Crippen molar-refractivity contribution >= 4 is 51.0 Å². The van der Waals surface area contributed by atoms with Crippen LogP contribution in [0.2, 0.25) is 0 Å². The van der Waals surface area contributed by atoms with Crippen LogP contribution in [0, 0.1) is 10.1 Å². The number of carbonyl (C=O) groups excluding carboxylic acids is 1. The zero-order valence-corrected chi connectivity index (χ0v) is 18.0. The second-order valence-corrected chi connectivity index (χ2v) is 9.05. The summed E-state index contributed by atoms with van der Waals surface area (Å²) in [5.74, 6) is -3.65. The number of aliphatic carboxylic acids is 1. The number of anilines is 1. The molecule has 2 rings (SSSR count). The highest BCUT2D eigenvalue weighted by atomic mass is 32.2. The molecule has 0 fully saturated rings. The van der Waals surface area contributed by atoms with Gasteiger partial charge in [-0.25, -0.2) is 13.2 Å². The van der Waals surface area contributed by atoms with Gasteiger partial charge < -0.3 is 15.5 Å². The molecule has 4 N–H and O–H groups in total. The molecule has 0 heterocycles. The lowest BCUT2D eigenvalue weighted by molar-refractivity contribution is -0.387. The average molecular weight is 483 g/mol. The Labute approximate surface area is 185 Å². The van der Waals surface area contributed by atoms with Gasteiger partial charge in [-0.3, -0.25) is 19.7 Å². The van der Waals surface area contributed by atoms with Gasteiger partial charge in [0.25, 0.3) is 5.69 Å². The third-order valence-corrected chi connectivity index (χ3v) is 6.53. The molecule has 0 saturated heterocycles. The van der Waals surface area contributed by atoms with Crippen molar-refractivity contribution in [3.05, 3.63) is 58.1 Å². The number of nitrogens with zero attached hydrogens (tertiary/aromatic N) is 1. The Bertz CT molecular complexity index is 1160. The number of nitro benzene ring substituents is 1. The van der Waals surface area contributed by atoms with Crippen LogP contribution < -0.4 is 10.0 Å². The van der Waals surface area contributed by atoms with Crippen LogP contribution in [0.4, 0.5) is 11.4 Å². The second-order valence-electron chi connectivity index (χ2n) is 6.27. The van der Waals surface area contributed by atoms with Gasteiger partial charge in [-0.15, -0.1) is 11.8 Å². The summed E-state index contributed by atoms with van der Waals surface area (Å²) in [6.45, 7) is 1.28. The molecule has 2 aromatic rings. The van der Waals surface area contributed by atoms with Crippen LogP contribution in [0.1, 0.15) is 17.3 Å². The van der Waals surface area contributed by atoms with E-state index >= 15 is 0 Å². The van der Waals surface area contributed by atoms with E-state index in [1.807, 2.05) is 4.72 Å². The number of nitrogens with one attached hydrogen (secondary N) is 2. The van der Waals surface area contributed by atoms with Crippen molar-refractivity contribution < 1.29 is 37.9 Å². The van der Waals surface area contributed by atoms with Crippen LogP contribution in [-0.2, 0) is 19.6 Å². The second kappa shape index (κ2) is 10.2. The molecule has 170 valence electrons. The van der Waals surface area contributed by atoms with Gasteiger partial charge in [0.15, 0.2) is 0 Å². The number of thioether (sulfide) groups is 1. The van der Waals surface area contributed by atoms with E-state index in [0.717, 1.165) is 18.2 Å². The number of hydrogen-bond acceptors (Lipinski definition) is 8. The summed E-state index contributed by atoms with van der Waals surface area (Å²) in [5.41, 5.74) is -0.520. The average Bonchev–Trinajstić information content (AvgIpc) is 2.70. The minimum atomic E-state index is -4.27. The van der Waals surface area contributed by atoms with E-state index < -0.39 is 44.4 Å². The van der Waals surface area contributed by atoms with Crippen molar-refractivity contribution in [3.8, 4) is 0 Å². The molecule has 32 heavy (non-hydrogen) atoms. The van der Waals surface area contributed by atoms with Gasteiger partial charge in [-0.1, -0.05) is 0 Å². The number of aromatic carboxylic acids is 1. The Kier molecular flexibility index (Phi) is 7.91. The summed E-state index contributed by atoms with van der Waals surface area (Å²) in [6.07, 6.45) is 0. The largest absolute Gasteiger partial charge is 0.480 e. The van der Waals surface area contributed by atoms with Crippen LogP contribution in [0.5, 0.6) is 0 Å². The zero-order valence-electron chi connectivity index (χ0n) is 16.3. The fourth-order valence-electron chi connectivity index (χ4n) is 2.42. The third-order valence-electron chi connectivity index (χ3n) is 3.89. The lowest BCUT2D eigenvalue weighted by Gasteiger charge is -2.15. The van der Waals surface area contributed by atoms with E-state index in [2.05, 4.69) is 5.32 Å². The van der Waals surface area contributed by atoms with Crippen molar-refractivity contribution in [1.82, 2.24) is 4.72 Å². The normalized spacial score (nSPS) is 12.0. The van der Waals surface area contributed by atoms with E-state index in [4.69, 9.17) is 5.11 Å². The molecular formula is C18H17N3O9S2. The predicted molar refractivity (Wildman–Crippen MR) is 113 cm³/mol. The van der Waals surface area contributed by atoms with E-state index in [1.165, 1.54) is 31.2 Å². The standard InChI is InChI=1S/C18H17N3O9S2/c1-10(22)19-12-3-5-13(6-4-12)32(29,30)20-14(18(25)26)9-31-16-7-2-11(17(23)24)8-15(16)21(27)28/h2-8,14,20H,9H2,1H3,(H,19,22)(H,23,24)(H,25,26)/t14-/m1/s1. The summed E-state index contributed by atoms with van der Waals surface area (Å²) in [7, 11) is -4.27. The molecule has 0 aliphatic heterocycles. The Morgan fingerprint density at radius 3 is 2.25 bits per heavy atom. The molecule has 14 heteroatoms. The predicted octanol–water partition coefficient (Wildman–Crippen LogP) is 1.78. The Morgan fingerprint density at radius 2 is 1.75 bits per heavy atom. The van der Waals surface area contributed by atoms with Crippen molar-refractivity contribution in [2.24, 2.45) is 0 Å². The number of benzene rings is 2. The van der Waals surface area contributed by atoms with E-state index in [9.17, 15) is 38.0 Å². The summed E-state index contributed by atoms with van der Waals surface area (Å²) < 4.78 is 27.1. The maximum absolute atomic E-state index is 12.5. The highest BCUT2D eigenvalue weighted by Gasteiger charge is 2.27. The Hall–Kier alpha value is -3.49. The van der Waals surface area contributed by atoms with E-state index in [0.29, 0.717) is 17.4 Å². The first-order chi connectivity index (χ1) is 14.9. The van der Waals surface area contributed by atoms with Crippen molar-refractivity contribution in [2.45, 2.75) is 22.8 Å². The Morgan fingerprint density at radius 1 is 1.12 bits per heavy atom. The van der Waals surface area contributed by atoms with Gasteiger partial charge in [-0.05, 0) is 36.4 Å². The smallest absolute Gasteiger partial charge is 0.335 e. The van der Waals surface area contributed by atoms with Crippen LogP contribution in [-0.4, -0.2) is 53.2 Å². The van der Waals surface area contributed by atoms with Gasteiger partial charge >= 0.3 is 11.9 Å². The number of rotatable bonds is 10. The van der Waals surface area contributed by atoms with E-state index in [-0.39, 0.29) is 21.3 Å². The van der Waals surface area contributed by atoms with Gasteiger partial charge in [0.05, 0.1) is 20.3 Å². The van der Waals surface area contributed by atoms with Gasteiger partial charge in [-0.2, -0.15) is 4.72 Å². The Balaban J connectivity index is 2.19. The number of hydrogen-bond donors (Lipinski definition) is 4. The molecule has 0 radical (unpaired) electrons. The minimum Gasteiger partial charge on any atom is -0.480 e. The molecule has 0 unspecified atom stereocenters. The maximum Gasteiger partial charge on any atom is 0.335 e. The maximum atomic E-state index is 12.5. The molecule has 2 aromatic carbocycles. The first-order valence-corrected chi connectivity index (χ1v) is 11.1. The van der Waals surface area contributed by atoms with Crippen molar-refractivity contribution in [2.75, 3.05) is 11.1 Å². The topological polar surface area (TPSA) is 193 Å². The van der Waals surface area contributed by atoms with Crippen LogP contribution in [0.25, 0.3) is 0 Å². The fourth-order valence-corrected chi connectivity index (χ4v) is 4.73. The molecule has 1 amide bonds. The molecule has 0 aliphatic carbocycles. The summed E-state index contributed by atoms with van der Waals surface area (Å²) in [6, 6.07) is 6.47. The molecule has 0 spiro atoms. The monoisotopic (exact) mass is 483 g/mol. The van der Waals surface area contributed by atoms with Gasteiger partial charge in [0, 0.05) is 24.4 Å². The minimum absolute atomic E-state index is 0.0230. The van der Waals surface area contributed by atoms with E-state index in [1.54, 1.807) is 0 Å². The lowest BCUT2D eigenvalue weighted by atomic mass is 10.2. The lowest BCUT2D eigenvalue weighted by Crippen LogP contribution is -2.42. The molecule has 0 bridgehead atoms. The zero-order chi connectivity index (χ0) is 24.1. The van der Waals surface area contributed by atoms with Crippen molar-refractivity contribution in [1.29, 1.82) is 0 Å². The van der Waals surface area contributed by atoms with Crippen LogP contribution >= 0.6 is 11.8 Å². The highest BCUT2D eigenvalue weighted by Crippen LogP contribution is 2.31. The number of carboxylic acids is 2. The van der Waals surface area contributed by atoms with Gasteiger partial charge in [0.1, 0.15) is 6.04 Å². The number of sulfonamides is 1. The quantitative estimate of drug-likeness (QED) is 0.220. The first kappa shape index (κ1) is 24.8. The molecule has 0 saturated carbocycles. The molecule has 1 atom stereocenters. The number of carbonyl (C=O) groups is 3. The van der Waals surface area contributed by atoms with Crippen LogP contribution in [0.3, 0.4) is 0 Å². The fraction of sp³-hybridized carbons (Fsp3) is 0.167. The molecular weight excluding hydrogens is 466 g/mol. The third kappa shape index (κ3) is 6.50. The summed E-state index contributed by atoms with van der Waals surface area (Å²) in [5, 5.41) is 32.1. The van der Waals surface area contributed by atoms with Crippen molar-refractivity contribution in [3.63, 3.8) is 0 Å². The van der Waals surface area contributed by atoms with Gasteiger partial charge in [0.2, 0.25) is 15.9 Å².